The average molecular weight is 206 g/mol. The molecule has 0 aromatic carbocycles. The Balaban J connectivity index is 4.95. The van der Waals surface area contributed by atoms with Crippen molar-refractivity contribution in [2.75, 3.05) is 0 Å². The van der Waals surface area contributed by atoms with Gasteiger partial charge in [0.1, 0.15) is 0 Å². The van der Waals surface area contributed by atoms with Gasteiger partial charge in [0.2, 0.25) is 0 Å². The van der Waals surface area contributed by atoms with Crippen LogP contribution in [0.5, 0.6) is 0 Å². The van der Waals surface area contributed by atoms with Gasteiger partial charge in [0.25, 0.3) is 0 Å². The van der Waals surface area contributed by atoms with Gasteiger partial charge in [-0.15, -0.1) is 0 Å². The fraction of sp³-hybridized carbons (Fsp3) is 0.600. The summed E-state index contributed by atoms with van der Waals surface area (Å²) in [6.45, 7) is 15.0. The highest BCUT2D eigenvalue weighted by Crippen LogP contribution is 2.26. The molecule has 0 radical (unpaired) electrons. The van der Waals surface area contributed by atoms with E-state index in [0.29, 0.717) is 11.8 Å². The lowest BCUT2D eigenvalue weighted by atomic mass is 9.84. The smallest absolute Gasteiger partial charge is 0.0142 e. The topological polar surface area (TPSA) is 0 Å². The molecule has 0 aromatic rings. The van der Waals surface area contributed by atoms with Crippen LogP contribution in [0.3, 0.4) is 0 Å². The predicted octanol–water partition coefficient (Wildman–Crippen LogP) is 5.14. The Morgan fingerprint density at radius 3 is 2.20 bits per heavy atom. The minimum absolute atomic E-state index is 0.657. The summed E-state index contributed by atoms with van der Waals surface area (Å²) in [5.74, 6) is 1.35. The zero-order valence-corrected chi connectivity index (χ0v) is 11.0. The van der Waals surface area contributed by atoms with Crippen LogP contribution in [-0.2, 0) is 0 Å². The first-order chi connectivity index (χ1) is 7.06. The molecule has 0 heteroatoms. The van der Waals surface area contributed by atoms with E-state index in [2.05, 4.69) is 53.3 Å². The van der Waals surface area contributed by atoms with Gasteiger partial charge in [-0.1, -0.05) is 58.1 Å². The fourth-order valence-corrected chi connectivity index (χ4v) is 1.89. The summed E-state index contributed by atoms with van der Waals surface area (Å²) >= 11 is 0. The van der Waals surface area contributed by atoms with Gasteiger partial charge in [0, 0.05) is 0 Å². The molecule has 0 aromatic heterocycles. The van der Waals surface area contributed by atoms with Crippen molar-refractivity contribution >= 4 is 0 Å². The molecule has 0 amide bonds. The van der Waals surface area contributed by atoms with Crippen LogP contribution in [-0.4, -0.2) is 0 Å². The second kappa shape index (κ2) is 7.50. The third-order valence-corrected chi connectivity index (χ3v) is 2.95. The molecule has 86 valence electrons. The van der Waals surface area contributed by atoms with Crippen LogP contribution in [0.1, 0.15) is 47.5 Å². The van der Waals surface area contributed by atoms with Gasteiger partial charge in [-0.25, -0.2) is 0 Å². The lowest BCUT2D eigenvalue weighted by Crippen LogP contribution is -2.09. The monoisotopic (exact) mass is 206 g/mol. The van der Waals surface area contributed by atoms with Crippen molar-refractivity contribution in [3.05, 3.63) is 36.0 Å². The summed E-state index contributed by atoms with van der Waals surface area (Å²) in [6, 6.07) is 0. The molecule has 0 saturated heterocycles. The van der Waals surface area contributed by atoms with E-state index in [9.17, 15) is 0 Å². The van der Waals surface area contributed by atoms with Crippen molar-refractivity contribution in [1.82, 2.24) is 0 Å². The number of hydrogen-bond donors (Lipinski definition) is 0. The predicted molar refractivity (Wildman–Crippen MR) is 70.9 cm³/mol. The van der Waals surface area contributed by atoms with E-state index in [0.717, 1.165) is 6.42 Å². The van der Waals surface area contributed by atoms with Crippen LogP contribution in [0.2, 0.25) is 0 Å². The van der Waals surface area contributed by atoms with Gasteiger partial charge in [0.15, 0.2) is 0 Å². The maximum atomic E-state index is 3.80. The molecule has 0 heterocycles. The largest absolute Gasteiger partial charge is 0.0991 e. The molecule has 0 spiro atoms. The Kier molecular flexibility index (Phi) is 7.11. The third-order valence-electron chi connectivity index (χ3n) is 2.95. The second-order valence-electron chi connectivity index (χ2n) is 4.51. The van der Waals surface area contributed by atoms with Crippen LogP contribution >= 0.6 is 0 Å². The normalized spacial score (nSPS) is 15.6. The Morgan fingerprint density at radius 2 is 1.87 bits per heavy atom. The molecule has 0 aliphatic rings. The highest BCUT2D eigenvalue weighted by molar-refractivity contribution is 5.28. The molecule has 15 heavy (non-hydrogen) atoms. The standard InChI is InChI=1S/C15H26/c1-7-10-14(11-13(6)8-2)15(9-3)12(4)5/h7,10-12,15H,1,8-9H2,2-6H3. The van der Waals surface area contributed by atoms with Crippen molar-refractivity contribution in [3.8, 4) is 0 Å². The Morgan fingerprint density at radius 1 is 1.27 bits per heavy atom. The van der Waals surface area contributed by atoms with Crippen LogP contribution in [0.15, 0.2) is 36.0 Å². The fourth-order valence-electron chi connectivity index (χ4n) is 1.89. The van der Waals surface area contributed by atoms with Crippen molar-refractivity contribution in [3.63, 3.8) is 0 Å². The van der Waals surface area contributed by atoms with Crippen molar-refractivity contribution in [1.29, 1.82) is 0 Å². The quantitative estimate of drug-likeness (QED) is 0.528. The summed E-state index contributed by atoms with van der Waals surface area (Å²) in [5.41, 5.74) is 2.88. The maximum absolute atomic E-state index is 3.80. The number of hydrogen-bond acceptors (Lipinski definition) is 0. The van der Waals surface area contributed by atoms with Gasteiger partial charge in [0.05, 0.1) is 0 Å². The zero-order valence-electron chi connectivity index (χ0n) is 11.0. The molecule has 0 nitrogen and oxygen atoms in total. The minimum Gasteiger partial charge on any atom is -0.0991 e. The van der Waals surface area contributed by atoms with Gasteiger partial charge in [-0.05, 0) is 37.2 Å². The van der Waals surface area contributed by atoms with E-state index in [1.54, 1.807) is 0 Å². The van der Waals surface area contributed by atoms with E-state index >= 15 is 0 Å². The van der Waals surface area contributed by atoms with E-state index in [1.165, 1.54) is 17.6 Å². The number of rotatable bonds is 6. The van der Waals surface area contributed by atoms with E-state index in [-0.39, 0.29) is 0 Å². The van der Waals surface area contributed by atoms with Crippen molar-refractivity contribution in [2.24, 2.45) is 11.8 Å². The Hall–Kier alpha value is -0.780. The first-order valence-electron chi connectivity index (χ1n) is 6.06. The molecule has 0 aliphatic heterocycles. The number of allylic oxidation sites excluding steroid dienone is 5. The highest BCUT2D eigenvalue weighted by Gasteiger charge is 2.14. The Labute approximate surface area is 95.8 Å². The minimum atomic E-state index is 0.657. The molecule has 1 unspecified atom stereocenters. The van der Waals surface area contributed by atoms with Gasteiger partial charge in [-0.3, -0.25) is 0 Å². The molecular weight excluding hydrogens is 180 g/mol. The van der Waals surface area contributed by atoms with Gasteiger partial charge in [-0.2, -0.15) is 0 Å². The van der Waals surface area contributed by atoms with Crippen LogP contribution < -0.4 is 0 Å². The first-order valence-corrected chi connectivity index (χ1v) is 6.06. The molecule has 0 rings (SSSR count). The molecule has 0 N–H and O–H groups in total. The SMILES string of the molecule is C=CC=C(C=C(C)CC)C(CC)C(C)C. The van der Waals surface area contributed by atoms with Gasteiger partial charge < -0.3 is 0 Å². The summed E-state index contributed by atoms with van der Waals surface area (Å²) in [7, 11) is 0. The van der Waals surface area contributed by atoms with Crippen LogP contribution in [0.25, 0.3) is 0 Å². The second-order valence-corrected chi connectivity index (χ2v) is 4.51. The van der Waals surface area contributed by atoms with Crippen molar-refractivity contribution < 1.29 is 0 Å². The van der Waals surface area contributed by atoms with Crippen LogP contribution in [0.4, 0.5) is 0 Å². The lowest BCUT2D eigenvalue weighted by Gasteiger charge is -2.21. The van der Waals surface area contributed by atoms with Gasteiger partial charge >= 0.3 is 0 Å². The maximum Gasteiger partial charge on any atom is -0.0142 e. The lowest BCUT2D eigenvalue weighted by molar-refractivity contribution is 0.437. The molecule has 0 aliphatic carbocycles. The molecule has 0 saturated carbocycles. The van der Waals surface area contributed by atoms with E-state index < -0.39 is 0 Å². The van der Waals surface area contributed by atoms with E-state index in [4.69, 9.17) is 0 Å². The molecule has 1 atom stereocenters. The molecule has 0 bridgehead atoms. The summed E-state index contributed by atoms with van der Waals surface area (Å²) in [6.07, 6.45) is 8.72. The third kappa shape index (κ3) is 5.01. The first kappa shape index (κ1) is 14.2. The van der Waals surface area contributed by atoms with Crippen molar-refractivity contribution in [2.45, 2.75) is 47.5 Å². The zero-order chi connectivity index (χ0) is 11.8. The highest BCUT2D eigenvalue weighted by atomic mass is 14.2. The Bertz CT molecular complexity index is 241. The molecular formula is C15H26. The molecule has 0 fully saturated rings. The summed E-state index contributed by atoms with van der Waals surface area (Å²) in [5, 5.41) is 0. The average Bonchev–Trinajstić information content (AvgIpc) is 2.18. The van der Waals surface area contributed by atoms with E-state index in [1.807, 2.05) is 6.08 Å². The van der Waals surface area contributed by atoms with Crippen LogP contribution in [0, 0.1) is 11.8 Å². The summed E-state index contributed by atoms with van der Waals surface area (Å²) < 4.78 is 0. The summed E-state index contributed by atoms with van der Waals surface area (Å²) in [4.78, 5) is 0.